The minimum absolute atomic E-state index is 0.0964. The maximum Gasteiger partial charge on any atom is 0.233 e. The van der Waals surface area contributed by atoms with Crippen molar-refractivity contribution in [3.63, 3.8) is 0 Å². The first-order valence-corrected chi connectivity index (χ1v) is 13.5. The van der Waals surface area contributed by atoms with E-state index in [1.807, 2.05) is 13.0 Å². The van der Waals surface area contributed by atoms with Crippen molar-refractivity contribution in [1.82, 2.24) is 4.90 Å². The Morgan fingerprint density at radius 1 is 1.11 bits per heavy atom. The molecule has 1 aromatic carbocycles. The quantitative estimate of drug-likeness (QED) is 0.297. The molecular weight excluding hydrogens is 594 g/mol. The van der Waals surface area contributed by atoms with Crippen LogP contribution in [0.5, 0.6) is 11.5 Å². The Hall–Kier alpha value is -2.52. The first kappa shape index (κ1) is 25.1. The van der Waals surface area contributed by atoms with Crippen LogP contribution in [0.3, 0.4) is 0 Å². The summed E-state index contributed by atoms with van der Waals surface area (Å²) < 4.78 is 6.27. The maximum atomic E-state index is 13.5. The fourth-order valence-electron chi connectivity index (χ4n) is 6.22. The van der Waals surface area contributed by atoms with E-state index >= 15 is 0 Å². The molecular formula is C27H25Br2NO6. The van der Waals surface area contributed by atoms with Crippen LogP contribution in [-0.2, 0) is 19.2 Å². The highest BCUT2D eigenvalue weighted by molar-refractivity contribution is 9.13. The van der Waals surface area contributed by atoms with Gasteiger partial charge in [-0.15, -0.1) is 0 Å². The molecule has 0 saturated carbocycles. The lowest BCUT2D eigenvalue weighted by Crippen LogP contribution is -2.40. The largest absolute Gasteiger partial charge is 0.503 e. The van der Waals surface area contributed by atoms with Gasteiger partial charge in [-0.2, -0.15) is 0 Å². The highest BCUT2D eigenvalue weighted by atomic mass is 79.9. The molecule has 36 heavy (non-hydrogen) atoms. The van der Waals surface area contributed by atoms with Crippen molar-refractivity contribution in [2.75, 3.05) is 13.7 Å². The monoisotopic (exact) mass is 617 g/mol. The Labute approximate surface area is 225 Å². The number of phenolic OH excluding ortho intramolecular Hbond substituents is 1. The number of hydrogen-bond donors (Lipinski definition) is 1. The van der Waals surface area contributed by atoms with E-state index < -0.39 is 17.8 Å². The molecule has 0 aromatic heterocycles. The van der Waals surface area contributed by atoms with Crippen LogP contribution in [0.2, 0.25) is 0 Å². The van der Waals surface area contributed by atoms with E-state index in [0.29, 0.717) is 50.6 Å². The van der Waals surface area contributed by atoms with Crippen LogP contribution < -0.4 is 4.74 Å². The molecule has 1 aliphatic heterocycles. The van der Waals surface area contributed by atoms with Crippen molar-refractivity contribution in [2.24, 2.45) is 17.8 Å². The van der Waals surface area contributed by atoms with E-state index in [1.165, 1.54) is 18.1 Å². The maximum absolute atomic E-state index is 13.5. The molecule has 5 rings (SSSR count). The molecule has 1 heterocycles. The van der Waals surface area contributed by atoms with Gasteiger partial charge in [0, 0.05) is 33.7 Å². The summed E-state index contributed by atoms with van der Waals surface area (Å²) in [5.41, 5.74) is 2.63. The van der Waals surface area contributed by atoms with Crippen molar-refractivity contribution in [1.29, 1.82) is 0 Å². The van der Waals surface area contributed by atoms with Gasteiger partial charge in [-0.25, -0.2) is 0 Å². The number of allylic oxidation sites excluding steroid dienone is 6. The Morgan fingerprint density at radius 2 is 1.83 bits per heavy atom. The normalized spacial score (nSPS) is 27.5. The molecule has 3 aliphatic carbocycles. The molecule has 188 valence electrons. The third-order valence-electron chi connectivity index (χ3n) is 7.81. The van der Waals surface area contributed by atoms with Gasteiger partial charge in [-0.05, 0) is 81.7 Å². The van der Waals surface area contributed by atoms with Crippen molar-refractivity contribution >= 4 is 55.2 Å². The number of hydrogen-bond acceptors (Lipinski definition) is 6. The number of ether oxygens (including phenoxy) is 1. The number of ketones is 2. The van der Waals surface area contributed by atoms with E-state index in [9.17, 15) is 24.3 Å². The van der Waals surface area contributed by atoms with E-state index in [1.54, 1.807) is 13.0 Å². The van der Waals surface area contributed by atoms with E-state index in [2.05, 4.69) is 31.9 Å². The summed E-state index contributed by atoms with van der Waals surface area (Å²) in [6.07, 6.45) is 4.65. The second-order valence-corrected chi connectivity index (χ2v) is 11.3. The topological polar surface area (TPSA) is 101 Å². The molecule has 1 aromatic rings. The zero-order chi connectivity index (χ0) is 26.0. The number of carbonyl (C=O) groups excluding carboxylic acids is 4. The fourth-order valence-corrected chi connectivity index (χ4v) is 7.18. The van der Waals surface area contributed by atoms with Gasteiger partial charge in [-0.3, -0.25) is 24.1 Å². The van der Waals surface area contributed by atoms with E-state index in [4.69, 9.17) is 4.74 Å². The predicted octanol–water partition coefficient (Wildman–Crippen LogP) is 4.77. The summed E-state index contributed by atoms with van der Waals surface area (Å²) in [4.78, 5) is 54.7. The molecule has 1 N–H and O–H groups in total. The van der Waals surface area contributed by atoms with Crippen LogP contribution in [0.15, 0.2) is 49.5 Å². The third-order valence-corrected chi connectivity index (χ3v) is 9.96. The van der Waals surface area contributed by atoms with Gasteiger partial charge in [0.15, 0.2) is 23.1 Å². The smallest absolute Gasteiger partial charge is 0.233 e. The molecule has 0 spiro atoms. The SMILES string of the molecule is CCCN1C(=O)C2CC=C3C(c4cc(OC)c(O)c(Br)c4Br)C4=C(CC3C2C1=O)C(=O)C(C)=CC4=O. The molecule has 1 fully saturated rings. The van der Waals surface area contributed by atoms with Gasteiger partial charge >= 0.3 is 0 Å². The molecule has 4 aliphatic rings. The van der Waals surface area contributed by atoms with Crippen LogP contribution in [0, 0.1) is 17.8 Å². The molecule has 2 amide bonds. The van der Waals surface area contributed by atoms with Gasteiger partial charge in [-0.1, -0.05) is 18.6 Å². The van der Waals surface area contributed by atoms with Gasteiger partial charge in [0.25, 0.3) is 0 Å². The number of phenols is 1. The van der Waals surface area contributed by atoms with Crippen LogP contribution in [0.25, 0.3) is 0 Å². The van der Waals surface area contributed by atoms with E-state index in [-0.39, 0.29) is 47.2 Å². The second-order valence-electron chi connectivity index (χ2n) is 9.70. The number of methoxy groups -OCH3 is 1. The number of benzene rings is 1. The Morgan fingerprint density at radius 3 is 2.50 bits per heavy atom. The minimum Gasteiger partial charge on any atom is -0.503 e. The average Bonchev–Trinajstić information content (AvgIpc) is 3.10. The summed E-state index contributed by atoms with van der Waals surface area (Å²) in [6.45, 7) is 3.92. The summed E-state index contributed by atoms with van der Waals surface area (Å²) in [5.74, 6) is -2.76. The number of Topliss-reactive ketones (excluding diaryl/α,β-unsaturated/α-hetero) is 1. The van der Waals surface area contributed by atoms with Crippen LogP contribution in [0.4, 0.5) is 0 Å². The van der Waals surface area contributed by atoms with Crippen molar-refractivity contribution in [2.45, 2.75) is 39.0 Å². The zero-order valence-electron chi connectivity index (χ0n) is 20.1. The lowest BCUT2D eigenvalue weighted by molar-refractivity contribution is -0.140. The van der Waals surface area contributed by atoms with E-state index in [0.717, 1.165) is 5.57 Å². The average molecular weight is 619 g/mol. The Balaban J connectivity index is 1.74. The van der Waals surface area contributed by atoms with Crippen LogP contribution in [0.1, 0.15) is 44.6 Å². The number of imide groups is 1. The number of halogens is 2. The summed E-state index contributed by atoms with van der Waals surface area (Å²) in [7, 11) is 1.44. The fraction of sp³-hybridized carbons (Fsp3) is 0.407. The summed E-state index contributed by atoms with van der Waals surface area (Å²) in [5, 5.41) is 10.5. The number of aromatic hydroxyl groups is 1. The first-order valence-electron chi connectivity index (χ1n) is 11.9. The number of likely N-dealkylation sites (tertiary alicyclic amines) is 1. The number of fused-ring (bicyclic) bond motifs is 3. The molecule has 4 unspecified atom stereocenters. The minimum atomic E-state index is -0.635. The van der Waals surface area contributed by atoms with Gasteiger partial charge in [0.1, 0.15) is 0 Å². The van der Waals surface area contributed by atoms with Gasteiger partial charge < -0.3 is 9.84 Å². The number of rotatable bonds is 4. The number of nitrogens with zero attached hydrogens (tertiary/aromatic N) is 1. The molecule has 9 heteroatoms. The van der Waals surface area contributed by atoms with Crippen LogP contribution >= 0.6 is 31.9 Å². The molecule has 0 bridgehead atoms. The van der Waals surface area contributed by atoms with Crippen LogP contribution in [-0.4, -0.2) is 47.0 Å². The lowest BCUT2D eigenvalue weighted by Gasteiger charge is -2.42. The molecule has 7 nitrogen and oxygen atoms in total. The summed E-state index contributed by atoms with van der Waals surface area (Å²) in [6, 6.07) is 1.66. The first-order chi connectivity index (χ1) is 17.1. The predicted molar refractivity (Wildman–Crippen MR) is 138 cm³/mol. The standard InChI is InChI=1S/C27H25Br2NO6/c1-4-7-30-26(34)13-6-5-12-14(20(13)27(30)35)9-16-21(17(31)8-11(2)24(16)32)19(12)15-10-18(36-3)25(33)23(29)22(15)28/h5,8,10,13-14,19-20,33H,4,6-7,9H2,1-3H3. The number of carbonyl (C=O) groups is 4. The van der Waals surface area contributed by atoms with Gasteiger partial charge in [0.2, 0.25) is 11.8 Å². The summed E-state index contributed by atoms with van der Waals surface area (Å²) >= 11 is 6.97. The highest BCUT2D eigenvalue weighted by Gasteiger charge is 2.56. The second kappa shape index (κ2) is 9.10. The Bertz CT molecular complexity index is 1340. The van der Waals surface area contributed by atoms with Gasteiger partial charge in [0.05, 0.1) is 23.4 Å². The van der Waals surface area contributed by atoms with Crippen molar-refractivity contribution < 1.29 is 29.0 Å². The van der Waals surface area contributed by atoms with Crippen molar-refractivity contribution in [3.8, 4) is 11.5 Å². The Kier molecular flexibility index (Phi) is 6.35. The molecule has 0 radical (unpaired) electrons. The highest BCUT2D eigenvalue weighted by Crippen LogP contribution is 2.57. The van der Waals surface area contributed by atoms with Crippen molar-refractivity contribution in [3.05, 3.63) is 55.0 Å². The third kappa shape index (κ3) is 3.49. The lowest BCUT2D eigenvalue weighted by atomic mass is 9.59. The molecule has 4 atom stereocenters. The molecule has 1 saturated heterocycles. The number of amides is 2. The zero-order valence-corrected chi connectivity index (χ0v) is 23.2.